The Morgan fingerprint density at radius 1 is 0.295 bits per heavy atom. The van der Waals surface area contributed by atoms with Gasteiger partial charge in [-0.25, -0.2) is 9.13 Å². The zero-order valence-corrected chi connectivity index (χ0v) is 64.1. The van der Waals surface area contributed by atoms with E-state index in [-0.39, 0.29) is 25.7 Å². The molecule has 7 atom stereocenters. The summed E-state index contributed by atoms with van der Waals surface area (Å²) in [7, 11) is -9.91. The maximum absolute atomic E-state index is 13.1. The van der Waals surface area contributed by atoms with Gasteiger partial charge in [0.15, 0.2) is 12.2 Å². The topological polar surface area (TPSA) is 237 Å². The number of carbonyl (C=O) groups excluding carboxylic acids is 4. The number of rotatable bonds is 73. The fourth-order valence-electron chi connectivity index (χ4n) is 11.5. The normalized spacial score (nSPS) is 14.7. The first kappa shape index (κ1) is 93.1. The Bertz CT molecular complexity index is 1870. The van der Waals surface area contributed by atoms with Crippen LogP contribution in [0.1, 0.15) is 383 Å². The molecule has 0 aliphatic rings. The predicted molar refractivity (Wildman–Crippen MR) is 386 cm³/mol. The van der Waals surface area contributed by atoms with Crippen molar-refractivity contribution in [1.82, 2.24) is 0 Å². The summed E-state index contributed by atoms with van der Waals surface area (Å²) < 4.78 is 68.5. The Labute approximate surface area is 581 Å². The van der Waals surface area contributed by atoms with Crippen LogP contribution in [-0.2, 0) is 65.4 Å². The van der Waals surface area contributed by atoms with Crippen molar-refractivity contribution in [2.75, 3.05) is 39.6 Å². The van der Waals surface area contributed by atoms with E-state index in [1.807, 2.05) is 0 Å². The lowest BCUT2D eigenvalue weighted by Crippen LogP contribution is -2.30. The standard InChI is InChI=1S/C76H148O17P2/c1-9-68(7)54-46-38-30-24-19-20-26-33-43-51-59-76(81)93-72(63-87-74(79)57-49-41-35-34-39-47-55-69(8)10-2)65-91-95(84,85)89-61-70(77)60-88-94(82,83)90-64-71(62-86-73(78)56-48-40-31-27-21-23-29-37-45-53-67(5)6)92-75(80)58-50-42-32-25-18-16-14-12-11-13-15-17-22-28-36-44-52-66(3)4/h66-72,77H,9-65H2,1-8H3,(H,82,83)(H,84,85)/t68?,69?,70-,71-,72-/m1/s1. The van der Waals surface area contributed by atoms with Crippen LogP contribution in [0.25, 0.3) is 0 Å². The molecule has 0 aromatic heterocycles. The number of aliphatic hydroxyl groups excluding tert-OH is 1. The summed E-state index contributed by atoms with van der Waals surface area (Å²) >= 11 is 0. The van der Waals surface area contributed by atoms with E-state index in [1.165, 1.54) is 180 Å². The number of ether oxygens (including phenoxy) is 4. The van der Waals surface area contributed by atoms with Crippen LogP contribution in [0.2, 0.25) is 0 Å². The van der Waals surface area contributed by atoms with E-state index in [9.17, 15) is 43.2 Å². The third kappa shape index (κ3) is 67.6. The molecule has 0 saturated heterocycles. The van der Waals surface area contributed by atoms with Crippen LogP contribution in [-0.4, -0.2) is 96.7 Å². The molecule has 0 bridgehead atoms. The third-order valence-electron chi connectivity index (χ3n) is 18.3. The highest BCUT2D eigenvalue weighted by Crippen LogP contribution is 2.45. The number of hydrogen-bond acceptors (Lipinski definition) is 15. The molecular weight excluding hydrogens is 1250 g/mol. The molecule has 0 spiro atoms. The van der Waals surface area contributed by atoms with Gasteiger partial charge in [0.2, 0.25) is 0 Å². The molecule has 4 unspecified atom stereocenters. The predicted octanol–water partition coefficient (Wildman–Crippen LogP) is 22.0. The first-order valence-electron chi connectivity index (χ1n) is 39.3. The molecule has 0 radical (unpaired) electrons. The van der Waals surface area contributed by atoms with E-state index in [4.69, 9.17) is 37.0 Å². The van der Waals surface area contributed by atoms with Crippen molar-refractivity contribution in [3.8, 4) is 0 Å². The molecule has 19 heteroatoms. The van der Waals surface area contributed by atoms with Crippen LogP contribution < -0.4 is 0 Å². The zero-order chi connectivity index (χ0) is 70.3. The van der Waals surface area contributed by atoms with Crippen molar-refractivity contribution in [2.24, 2.45) is 23.7 Å². The summed E-state index contributed by atoms with van der Waals surface area (Å²) in [5.74, 6) is 0.965. The second kappa shape index (κ2) is 65.4. The van der Waals surface area contributed by atoms with E-state index < -0.39 is 97.5 Å². The van der Waals surface area contributed by atoms with Crippen molar-refractivity contribution >= 4 is 39.5 Å². The van der Waals surface area contributed by atoms with Crippen molar-refractivity contribution in [2.45, 2.75) is 401 Å². The largest absolute Gasteiger partial charge is 0.472 e. The van der Waals surface area contributed by atoms with Crippen molar-refractivity contribution < 1.29 is 80.2 Å². The zero-order valence-electron chi connectivity index (χ0n) is 62.3. The minimum atomic E-state index is -4.96. The SMILES string of the molecule is CCC(C)CCCCCCCCCCCCC(=O)O[C@H](COC(=O)CCCCCCCCC(C)CC)COP(=O)(O)OC[C@H](O)COP(=O)(O)OC[C@@H](COC(=O)CCCCCCCCCCCC(C)C)OC(=O)CCCCCCCCCCCCCCCCCCC(C)C. The smallest absolute Gasteiger partial charge is 0.462 e. The van der Waals surface area contributed by atoms with Crippen LogP contribution in [0.5, 0.6) is 0 Å². The van der Waals surface area contributed by atoms with E-state index in [0.29, 0.717) is 25.7 Å². The van der Waals surface area contributed by atoms with Gasteiger partial charge in [0.25, 0.3) is 0 Å². The van der Waals surface area contributed by atoms with Gasteiger partial charge in [-0.05, 0) is 49.4 Å². The number of phosphoric ester groups is 2. The third-order valence-corrected chi connectivity index (χ3v) is 20.2. The average molecular weight is 1400 g/mol. The maximum atomic E-state index is 13.1. The van der Waals surface area contributed by atoms with E-state index >= 15 is 0 Å². The summed E-state index contributed by atoms with van der Waals surface area (Å²) in [6.07, 6.45) is 49.9. The Morgan fingerprint density at radius 2 is 0.505 bits per heavy atom. The molecule has 0 heterocycles. The quantitative estimate of drug-likeness (QED) is 0.0222. The van der Waals surface area contributed by atoms with Crippen molar-refractivity contribution in [3.05, 3.63) is 0 Å². The van der Waals surface area contributed by atoms with Crippen LogP contribution in [0.3, 0.4) is 0 Å². The Morgan fingerprint density at radius 3 is 0.747 bits per heavy atom. The molecule has 564 valence electrons. The van der Waals surface area contributed by atoms with Gasteiger partial charge in [-0.1, -0.05) is 331 Å². The number of phosphoric acid groups is 2. The van der Waals surface area contributed by atoms with Gasteiger partial charge in [-0.3, -0.25) is 37.3 Å². The van der Waals surface area contributed by atoms with Gasteiger partial charge in [0.05, 0.1) is 26.4 Å². The summed E-state index contributed by atoms with van der Waals surface area (Å²) in [6.45, 7) is 14.2. The molecular formula is C76H148O17P2. The first-order valence-corrected chi connectivity index (χ1v) is 42.3. The average Bonchev–Trinajstić information content (AvgIpc) is 1.35. The van der Waals surface area contributed by atoms with Gasteiger partial charge >= 0.3 is 39.5 Å². The van der Waals surface area contributed by atoms with Crippen LogP contribution in [0, 0.1) is 23.7 Å². The number of esters is 4. The van der Waals surface area contributed by atoms with Crippen molar-refractivity contribution in [1.29, 1.82) is 0 Å². The fourth-order valence-corrected chi connectivity index (χ4v) is 13.1. The molecule has 0 aromatic carbocycles. The van der Waals surface area contributed by atoms with Gasteiger partial charge in [-0.2, -0.15) is 0 Å². The molecule has 0 aliphatic heterocycles. The molecule has 17 nitrogen and oxygen atoms in total. The maximum Gasteiger partial charge on any atom is 0.472 e. The Balaban J connectivity index is 5.24. The minimum Gasteiger partial charge on any atom is -0.462 e. The molecule has 0 saturated carbocycles. The molecule has 0 amide bonds. The summed E-state index contributed by atoms with van der Waals surface area (Å²) in [5.41, 5.74) is 0. The lowest BCUT2D eigenvalue weighted by atomic mass is 9.99. The molecule has 0 fully saturated rings. The highest BCUT2D eigenvalue weighted by atomic mass is 31.2. The first-order chi connectivity index (χ1) is 45.7. The highest BCUT2D eigenvalue weighted by molar-refractivity contribution is 7.47. The summed E-state index contributed by atoms with van der Waals surface area (Å²) in [6, 6.07) is 0. The van der Waals surface area contributed by atoms with Crippen LogP contribution in [0.15, 0.2) is 0 Å². The molecule has 0 aromatic rings. The lowest BCUT2D eigenvalue weighted by molar-refractivity contribution is -0.161. The Kier molecular flexibility index (Phi) is 64.0. The summed E-state index contributed by atoms with van der Waals surface area (Å²) in [4.78, 5) is 72.8. The van der Waals surface area contributed by atoms with Gasteiger partial charge in [-0.15, -0.1) is 0 Å². The fraction of sp³-hybridized carbons (Fsp3) is 0.947. The molecule has 0 aliphatic carbocycles. The highest BCUT2D eigenvalue weighted by Gasteiger charge is 2.30. The summed E-state index contributed by atoms with van der Waals surface area (Å²) in [5, 5.41) is 10.6. The molecule has 3 N–H and O–H groups in total. The number of hydrogen-bond donors (Lipinski definition) is 3. The van der Waals surface area contributed by atoms with Gasteiger partial charge in [0.1, 0.15) is 19.3 Å². The number of unbranched alkanes of at least 4 members (excludes halogenated alkanes) is 37. The second-order valence-corrected chi connectivity index (χ2v) is 31.7. The van der Waals surface area contributed by atoms with E-state index in [2.05, 4.69) is 55.4 Å². The van der Waals surface area contributed by atoms with E-state index in [0.717, 1.165) is 120 Å². The minimum absolute atomic E-state index is 0.105. The Hall–Kier alpha value is -1.94. The van der Waals surface area contributed by atoms with Crippen molar-refractivity contribution in [3.63, 3.8) is 0 Å². The lowest BCUT2D eigenvalue weighted by Gasteiger charge is -2.21. The second-order valence-electron chi connectivity index (χ2n) is 28.8. The number of aliphatic hydroxyl groups is 1. The molecule has 0 rings (SSSR count). The van der Waals surface area contributed by atoms with Crippen LogP contribution in [0.4, 0.5) is 0 Å². The van der Waals surface area contributed by atoms with Gasteiger partial charge in [0, 0.05) is 25.7 Å². The van der Waals surface area contributed by atoms with Crippen LogP contribution >= 0.6 is 15.6 Å². The monoisotopic (exact) mass is 1400 g/mol. The van der Waals surface area contributed by atoms with E-state index in [1.54, 1.807) is 0 Å². The molecule has 95 heavy (non-hydrogen) atoms. The van der Waals surface area contributed by atoms with Gasteiger partial charge < -0.3 is 33.8 Å². The number of carbonyl (C=O) groups is 4.